The van der Waals surface area contributed by atoms with Gasteiger partial charge in [-0.2, -0.15) is 30.9 Å². The molecular weight excluding hydrogens is 456 g/mol. The van der Waals surface area contributed by atoms with Gasteiger partial charge < -0.3 is 10.2 Å². The fourth-order valence-corrected chi connectivity index (χ4v) is 3.49. The maximum absolute atomic E-state index is 13.1. The lowest BCUT2D eigenvalue weighted by Crippen LogP contribution is -2.49. The number of alkyl halides is 6. The summed E-state index contributed by atoms with van der Waals surface area (Å²) in [5.41, 5.74) is -1.29. The first kappa shape index (κ1) is 22.8. The molecule has 1 saturated heterocycles. The predicted octanol–water partition coefficient (Wildman–Crippen LogP) is 2.92. The van der Waals surface area contributed by atoms with Crippen LogP contribution in [0.2, 0.25) is 0 Å². The molecular formula is C19H17F6N7O. The number of aromatic nitrogens is 4. The van der Waals surface area contributed by atoms with Crippen molar-refractivity contribution >= 4 is 23.1 Å². The lowest BCUT2D eigenvalue weighted by Gasteiger charge is -2.34. The molecule has 1 aliphatic heterocycles. The summed E-state index contributed by atoms with van der Waals surface area (Å²) in [6.07, 6.45) is -9.30. The van der Waals surface area contributed by atoms with Crippen LogP contribution in [0.4, 0.5) is 37.8 Å². The zero-order chi connectivity index (χ0) is 23.8. The highest BCUT2D eigenvalue weighted by Crippen LogP contribution is 2.34. The Bertz CT molecular complexity index is 1150. The summed E-state index contributed by atoms with van der Waals surface area (Å²) in [6, 6.07) is 7.61. The Labute approximate surface area is 182 Å². The second kappa shape index (κ2) is 8.50. The number of hydrogen-bond acceptors (Lipinski definition) is 6. The van der Waals surface area contributed by atoms with E-state index in [1.165, 1.54) is 30.3 Å². The number of rotatable bonds is 4. The average Bonchev–Trinajstić information content (AvgIpc) is 3.17. The molecule has 1 amide bonds. The van der Waals surface area contributed by atoms with Crippen LogP contribution in [0.1, 0.15) is 11.4 Å². The molecule has 1 aliphatic rings. The van der Waals surface area contributed by atoms with Crippen LogP contribution in [0, 0.1) is 0 Å². The van der Waals surface area contributed by atoms with Crippen LogP contribution in [-0.2, 0) is 17.1 Å². The van der Waals surface area contributed by atoms with E-state index in [2.05, 4.69) is 20.6 Å². The molecule has 1 N–H and O–H groups in total. The number of halogens is 6. The van der Waals surface area contributed by atoms with E-state index >= 15 is 0 Å². The molecule has 14 heteroatoms. The van der Waals surface area contributed by atoms with E-state index in [0.29, 0.717) is 30.7 Å². The first-order chi connectivity index (χ1) is 15.5. The molecule has 0 atom stereocenters. The SMILES string of the molecule is O=C(CN1CCN(c2ccc3nnc(C(F)(F)F)n3n2)CC1)Nc1ccccc1C(F)(F)F. The highest BCUT2D eigenvalue weighted by Gasteiger charge is 2.38. The first-order valence-electron chi connectivity index (χ1n) is 9.75. The lowest BCUT2D eigenvalue weighted by atomic mass is 10.1. The molecule has 8 nitrogen and oxygen atoms in total. The number of fused-ring (bicyclic) bond motifs is 1. The molecule has 0 saturated carbocycles. The molecule has 0 radical (unpaired) electrons. The number of benzene rings is 1. The Kier molecular flexibility index (Phi) is 5.86. The van der Waals surface area contributed by atoms with Gasteiger partial charge in [0.25, 0.3) is 5.82 Å². The van der Waals surface area contributed by atoms with Gasteiger partial charge in [-0.1, -0.05) is 12.1 Å². The Morgan fingerprint density at radius 3 is 2.27 bits per heavy atom. The normalized spacial score (nSPS) is 15.8. The maximum Gasteiger partial charge on any atom is 0.453 e. The highest BCUT2D eigenvalue weighted by atomic mass is 19.4. The zero-order valence-electron chi connectivity index (χ0n) is 16.9. The molecule has 3 heterocycles. The maximum atomic E-state index is 13.1. The molecule has 0 spiro atoms. The number of anilines is 2. The van der Waals surface area contributed by atoms with Crippen molar-refractivity contribution in [1.82, 2.24) is 24.7 Å². The van der Waals surface area contributed by atoms with E-state index in [1.54, 1.807) is 9.80 Å². The Morgan fingerprint density at radius 1 is 0.909 bits per heavy atom. The number of nitrogens with one attached hydrogen (secondary N) is 1. The number of hydrogen-bond donors (Lipinski definition) is 1. The number of para-hydroxylation sites is 1. The molecule has 1 aromatic carbocycles. The Balaban J connectivity index is 1.37. The minimum absolute atomic E-state index is 0.0412. The number of carbonyl (C=O) groups is 1. The fraction of sp³-hybridized carbons (Fsp3) is 0.368. The van der Waals surface area contributed by atoms with Gasteiger partial charge in [0.1, 0.15) is 5.82 Å². The quantitative estimate of drug-likeness (QED) is 0.588. The summed E-state index contributed by atoms with van der Waals surface area (Å²) in [4.78, 5) is 15.8. The van der Waals surface area contributed by atoms with E-state index in [9.17, 15) is 31.1 Å². The highest BCUT2D eigenvalue weighted by molar-refractivity contribution is 5.93. The summed E-state index contributed by atoms with van der Waals surface area (Å²) in [5.74, 6) is -1.54. The van der Waals surface area contributed by atoms with Gasteiger partial charge in [-0.05, 0) is 24.3 Å². The van der Waals surface area contributed by atoms with Crippen molar-refractivity contribution in [2.24, 2.45) is 0 Å². The Morgan fingerprint density at radius 2 is 1.61 bits per heavy atom. The van der Waals surface area contributed by atoms with Crippen molar-refractivity contribution < 1.29 is 31.1 Å². The number of piperazine rings is 1. The van der Waals surface area contributed by atoms with Gasteiger partial charge in [-0.3, -0.25) is 9.69 Å². The third-order valence-electron chi connectivity index (χ3n) is 5.07. The van der Waals surface area contributed by atoms with Crippen molar-refractivity contribution in [3.63, 3.8) is 0 Å². The molecule has 176 valence electrons. The largest absolute Gasteiger partial charge is 0.453 e. The van der Waals surface area contributed by atoms with Gasteiger partial charge in [0.15, 0.2) is 5.65 Å². The van der Waals surface area contributed by atoms with Gasteiger partial charge in [0.05, 0.1) is 17.8 Å². The number of nitrogens with zero attached hydrogens (tertiary/aromatic N) is 6. The van der Waals surface area contributed by atoms with Crippen molar-refractivity contribution in [1.29, 1.82) is 0 Å². The average molecular weight is 473 g/mol. The van der Waals surface area contributed by atoms with Crippen LogP contribution in [0.5, 0.6) is 0 Å². The van der Waals surface area contributed by atoms with E-state index in [-0.39, 0.29) is 23.7 Å². The predicted molar refractivity (Wildman–Crippen MR) is 105 cm³/mol. The van der Waals surface area contributed by atoms with Crippen LogP contribution in [0.15, 0.2) is 36.4 Å². The Hall–Kier alpha value is -3.42. The zero-order valence-corrected chi connectivity index (χ0v) is 16.9. The van der Waals surface area contributed by atoms with Crippen LogP contribution in [-0.4, -0.2) is 63.3 Å². The van der Waals surface area contributed by atoms with E-state index in [0.717, 1.165) is 6.07 Å². The lowest BCUT2D eigenvalue weighted by molar-refractivity contribution is -0.146. The van der Waals surface area contributed by atoms with Crippen molar-refractivity contribution in [2.45, 2.75) is 12.4 Å². The third-order valence-corrected chi connectivity index (χ3v) is 5.07. The minimum atomic E-state index is -4.71. The van der Waals surface area contributed by atoms with E-state index < -0.39 is 29.6 Å². The van der Waals surface area contributed by atoms with Gasteiger partial charge in [0, 0.05) is 26.2 Å². The molecule has 0 unspecified atom stereocenters. The summed E-state index contributed by atoms with van der Waals surface area (Å²) in [5, 5.41) is 12.9. The topological polar surface area (TPSA) is 78.7 Å². The van der Waals surface area contributed by atoms with Crippen LogP contribution >= 0.6 is 0 Å². The molecule has 3 aromatic rings. The van der Waals surface area contributed by atoms with Crippen LogP contribution < -0.4 is 10.2 Å². The molecule has 4 rings (SSSR count). The second-order valence-corrected chi connectivity index (χ2v) is 7.34. The minimum Gasteiger partial charge on any atom is -0.353 e. The summed E-state index contributed by atoms with van der Waals surface area (Å²) < 4.78 is 79.1. The molecule has 33 heavy (non-hydrogen) atoms. The van der Waals surface area contributed by atoms with Gasteiger partial charge in [-0.25, -0.2) is 0 Å². The van der Waals surface area contributed by atoms with Crippen LogP contribution in [0.3, 0.4) is 0 Å². The van der Waals surface area contributed by atoms with Gasteiger partial charge >= 0.3 is 12.4 Å². The summed E-state index contributed by atoms with van der Waals surface area (Å²) >= 11 is 0. The fourth-order valence-electron chi connectivity index (χ4n) is 3.49. The van der Waals surface area contributed by atoms with Crippen molar-refractivity contribution in [3.05, 3.63) is 47.8 Å². The van der Waals surface area contributed by atoms with E-state index in [4.69, 9.17) is 0 Å². The number of amides is 1. The number of carbonyl (C=O) groups excluding carboxylic acids is 1. The third kappa shape index (κ3) is 4.99. The van der Waals surface area contributed by atoms with Gasteiger partial charge in [0.2, 0.25) is 5.91 Å². The standard InChI is InChI=1S/C19H17F6N7O/c20-18(21,22)12-3-1-2-4-13(12)26-16(33)11-30-7-9-31(10-8-30)15-6-5-14-27-28-17(19(23,24)25)32(14)29-15/h1-6H,7-11H2,(H,26,33). The summed E-state index contributed by atoms with van der Waals surface area (Å²) in [7, 11) is 0. The van der Waals surface area contributed by atoms with Crippen molar-refractivity contribution in [2.75, 3.05) is 42.9 Å². The smallest absolute Gasteiger partial charge is 0.353 e. The van der Waals surface area contributed by atoms with Crippen molar-refractivity contribution in [3.8, 4) is 0 Å². The monoisotopic (exact) mass is 473 g/mol. The second-order valence-electron chi connectivity index (χ2n) is 7.34. The van der Waals surface area contributed by atoms with E-state index in [1.807, 2.05) is 0 Å². The molecule has 1 fully saturated rings. The first-order valence-corrected chi connectivity index (χ1v) is 9.75. The van der Waals surface area contributed by atoms with Crippen LogP contribution in [0.25, 0.3) is 5.65 Å². The molecule has 0 bridgehead atoms. The summed E-state index contributed by atoms with van der Waals surface area (Å²) in [6.45, 7) is 1.31. The van der Waals surface area contributed by atoms with Gasteiger partial charge in [-0.15, -0.1) is 15.3 Å². The molecule has 0 aliphatic carbocycles. The molecule has 2 aromatic heterocycles.